The van der Waals surface area contributed by atoms with Crippen LogP contribution in [0.2, 0.25) is 0 Å². The maximum absolute atomic E-state index is 11.9. The fourth-order valence-corrected chi connectivity index (χ4v) is 3.83. The Kier molecular flexibility index (Phi) is 3.07. The maximum atomic E-state index is 11.9. The second-order valence-electron chi connectivity index (χ2n) is 4.32. The number of hydrogen-bond acceptors (Lipinski definition) is 4. The van der Waals surface area contributed by atoms with Gasteiger partial charge in [0.05, 0.1) is 5.25 Å². The van der Waals surface area contributed by atoms with Crippen LogP contribution in [-0.2, 0) is 14.8 Å². The molecule has 0 aromatic heterocycles. The Morgan fingerprint density at radius 1 is 1.25 bits per heavy atom. The summed E-state index contributed by atoms with van der Waals surface area (Å²) in [4.78, 5) is 0. The Hall–Kier alpha value is -0.820. The van der Waals surface area contributed by atoms with Gasteiger partial charge in [0.15, 0.2) is 0 Å². The molecule has 0 amide bonds. The number of sulfonamides is 1. The van der Waals surface area contributed by atoms with E-state index >= 15 is 0 Å². The van der Waals surface area contributed by atoms with Crippen molar-refractivity contribution < 1.29 is 13.2 Å². The smallest absolute Gasteiger partial charge is 0.279 e. The van der Waals surface area contributed by atoms with Crippen molar-refractivity contribution in [3.8, 4) is 0 Å². The van der Waals surface area contributed by atoms with Crippen LogP contribution in [0.15, 0.2) is 0 Å². The van der Waals surface area contributed by atoms with E-state index in [9.17, 15) is 8.42 Å². The number of nitrogens with one attached hydrogen (secondary N) is 1. The van der Waals surface area contributed by atoms with E-state index in [2.05, 4.69) is 0 Å². The van der Waals surface area contributed by atoms with Crippen molar-refractivity contribution in [1.29, 1.82) is 5.41 Å². The lowest BCUT2D eigenvalue weighted by Crippen LogP contribution is -2.43. The SMILES string of the molecule is N=C(N)OC1CCN(S(=O)(=O)C2CC2)CC1. The van der Waals surface area contributed by atoms with Crippen LogP contribution >= 0.6 is 0 Å². The van der Waals surface area contributed by atoms with Crippen LogP contribution in [0, 0.1) is 5.41 Å². The number of rotatable bonds is 3. The Morgan fingerprint density at radius 3 is 2.25 bits per heavy atom. The molecule has 1 heterocycles. The van der Waals surface area contributed by atoms with E-state index in [1.807, 2.05) is 0 Å². The van der Waals surface area contributed by atoms with Crippen LogP contribution in [-0.4, -0.2) is 43.2 Å². The van der Waals surface area contributed by atoms with E-state index in [1.165, 1.54) is 0 Å². The van der Waals surface area contributed by atoms with Gasteiger partial charge in [-0.3, -0.25) is 5.41 Å². The van der Waals surface area contributed by atoms with Gasteiger partial charge in [0.1, 0.15) is 6.10 Å². The van der Waals surface area contributed by atoms with Gasteiger partial charge < -0.3 is 10.5 Å². The van der Waals surface area contributed by atoms with Crippen LogP contribution in [0.1, 0.15) is 25.7 Å². The highest BCUT2D eigenvalue weighted by Crippen LogP contribution is 2.32. The standard InChI is InChI=1S/C9H17N3O3S/c10-9(11)15-7-3-5-12(6-4-7)16(13,14)8-1-2-8/h7-8H,1-6H2,(H3,10,11). The summed E-state index contributed by atoms with van der Waals surface area (Å²) in [6, 6.07) is -0.288. The molecule has 0 aromatic carbocycles. The normalized spacial score (nSPS) is 24.2. The van der Waals surface area contributed by atoms with Gasteiger partial charge in [0.25, 0.3) is 6.02 Å². The third kappa shape index (κ3) is 2.46. The molecule has 0 bridgehead atoms. The molecule has 0 atom stereocenters. The second kappa shape index (κ2) is 4.21. The summed E-state index contributed by atoms with van der Waals surface area (Å²) in [6.07, 6.45) is 2.72. The predicted octanol–water partition coefficient (Wildman–Crippen LogP) is -0.147. The maximum Gasteiger partial charge on any atom is 0.279 e. The van der Waals surface area contributed by atoms with E-state index in [0.29, 0.717) is 25.9 Å². The third-order valence-electron chi connectivity index (χ3n) is 3.00. The van der Waals surface area contributed by atoms with Crippen LogP contribution in [0.5, 0.6) is 0 Å². The van der Waals surface area contributed by atoms with Crippen molar-refractivity contribution in [1.82, 2.24) is 4.31 Å². The molecule has 16 heavy (non-hydrogen) atoms. The molecule has 1 saturated carbocycles. The summed E-state index contributed by atoms with van der Waals surface area (Å²) in [6.45, 7) is 0.966. The lowest BCUT2D eigenvalue weighted by Gasteiger charge is -2.30. The molecular formula is C9H17N3O3S. The minimum absolute atomic E-state index is 0.108. The minimum Gasteiger partial charge on any atom is -0.462 e. The quantitative estimate of drug-likeness (QED) is 0.535. The van der Waals surface area contributed by atoms with Crippen molar-refractivity contribution >= 4 is 16.0 Å². The molecule has 2 rings (SSSR count). The lowest BCUT2D eigenvalue weighted by molar-refractivity contribution is 0.121. The largest absolute Gasteiger partial charge is 0.462 e. The summed E-state index contributed by atoms with van der Waals surface area (Å²) in [5, 5.41) is 6.86. The van der Waals surface area contributed by atoms with Crippen LogP contribution in [0.4, 0.5) is 0 Å². The highest BCUT2D eigenvalue weighted by atomic mass is 32.2. The average Bonchev–Trinajstić information content (AvgIpc) is 3.00. The zero-order valence-electron chi connectivity index (χ0n) is 9.05. The molecule has 3 N–H and O–H groups in total. The van der Waals surface area contributed by atoms with Crippen molar-refractivity contribution in [3.05, 3.63) is 0 Å². The third-order valence-corrected chi connectivity index (χ3v) is 5.40. The fraction of sp³-hybridized carbons (Fsp3) is 0.889. The first-order chi connectivity index (χ1) is 7.50. The van der Waals surface area contributed by atoms with Gasteiger partial charge in [-0.15, -0.1) is 0 Å². The van der Waals surface area contributed by atoms with Gasteiger partial charge in [-0.25, -0.2) is 12.7 Å². The first-order valence-electron chi connectivity index (χ1n) is 5.50. The Morgan fingerprint density at radius 2 is 1.81 bits per heavy atom. The van der Waals surface area contributed by atoms with E-state index in [-0.39, 0.29) is 17.4 Å². The Balaban J connectivity index is 1.87. The van der Waals surface area contributed by atoms with Crippen molar-refractivity contribution in [3.63, 3.8) is 0 Å². The monoisotopic (exact) mass is 247 g/mol. The molecule has 1 aliphatic heterocycles. The van der Waals surface area contributed by atoms with Gasteiger partial charge in [-0.2, -0.15) is 0 Å². The summed E-state index contributed by atoms with van der Waals surface area (Å²) >= 11 is 0. The number of amidine groups is 1. The molecule has 2 aliphatic rings. The molecule has 0 aromatic rings. The number of hydrogen-bond donors (Lipinski definition) is 2. The first kappa shape index (κ1) is 11.7. The number of nitrogens with zero attached hydrogens (tertiary/aromatic N) is 1. The van der Waals surface area contributed by atoms with E-state index in [1.54, 1.807) is 4.31 Å². The highest BCUT2D eigenvalue weighted by Gasteiger charge is 2.41. The highest BCUT2D eigenvalue weighted by molar-refractivity contribution is 7.90. The van der Waals surface area contributed by atoms with E-state index in [4.69, 9.17) is 15.9 Å². The summed E-state index contributed by atoms with van der Waals surface area (Å²) in [5.74, 6) is 0. The van der Waals surface area contributed by atoms with Gasteiger partial charge in [-0.1, -0.05) is 0 Å². The van der Waals surface area contributed by atoms with Gasteiger partial charge >= 0.3 is 0 Å². The molecule has 1 aliphatic carbocycles. The molecule has 7 heteroatoms. The van der Waals surface area contributed by atoms with E-state index < -0.39 is 10.0 Å². The van der Waals surface area contributed by atoms with Crippen molar-refractivity contribution in [2.24, 2.45) is 5.73 Å². The molecular weight excluding hydrogens is 230 g/mol. The van der Waals surface area contributed by atoms with Crippen molar-refractivity contribution in [2.45, 2.75) is 37.0 Å². The zero-order valence-corrected chi connectivity index (χ0v) is 9.87. The molecule has 2 fully saturated rings. The minimum atomic E-state index is -3.05. The van der Waals surface area contributed by atoms with Crippen LogP contribution in [0.25, 0.3) is 0 Å². The average molecular weight is 247 g/mol. The molecule has 0 radical (unpaired) electrons. The molecule has 1 saturated heterocycles. The second-order valence-corrected chi connectivity index (χ2v) is 6.54. The van der Waals surface area contributed by atoms with Gasteiger partial charge in [-0.05, 0) is 25.7 Å². The molecule has 0 spiro atoms. The lowest BCUT2D eigenvalue weighted by atomic mass is 10.1. The molecule has 6 nitrogen and oxygen atoms in total. The van der Waals surface area contributed by atoms with Crippen LogP contribution < -0.4 is 5.73 Å². The van der Waals surface area contributed by atoms with E-state index in [0.717, 1.165) is 12.8 Å². The number of nitrogens with two attached hydrogens (primary N) is 1. The molecule has 92 valence electrons. The summed E-state index contributed by atoms with van der Waals surface area (Å²) < 4.78 is 30.4. The van der Waals surface area contributed by atoms with Gasteiger partial charge in [0, 0.05) is 13.1 Å². The number of piperidine rings is 1. The Labute approximate surface area is 95.3 Å². The predicted molar refractivity (Wildman–Crippen MR) is 59.5 cm³/mol. The number of ether oxygens (including phenoxy) is 1. The summed E-state index contributed by atoms with van der Waals surface area (Å²) in [7, 11) is -3.05. The van der Waals surface area contributed by atoms with Crippen LogP contribution in [0.3, 0.4) is 0 Å². The molecule has 0 unspecified atom stereocenters. The van der Waals surface area contributed by atoms with Crippen molar-refractivity contribution in [2.75, 3.05) is 13.1 Å². The summed E-state index contributed by atoms with van der Waals surface area (Å²) in [5.41, 5.74) is 5.13. The fourth-order valence-electron chi connectivity index (χ4n) is 1.96. The topological polar surface area (TPSA) is 96.5 Å². The zero-order chi connectivity index (χ0) is 11.8. The first-order valence-corrected chi connectivity index (χ1v) is 7.00. The van der Waals surface area contributed by atoms with Gasteiger partial charge in [0.2, 0.25) is 10.0 Å². The Bertz CT molecular complexity index is 369.